The predicted molar refractivity (Wildman–Crippen MR) is 101 cm³/mol. The number of hydrogen-bond acceptors (Lipinski definition) is 2. The van der Waals surface area contributed by atoms with Crippen LogP contribution in [0.5, 0.6) is 5.75 Å². The fraction of sp³-hybridized carbons (Fsp3) is 0.316. The highest BCUT2D eigenvalue weighted by Crippen LogP contribution is 2.14. The Labute approximate surface area is 148 Å². The molecule has 0 saturated carbocycles. The highest BCUT2D eigenvalue weighted by molar-refractivity contribution is 7.80. The Morgan fingerprint density at radius 2 is 1.92 bits per heavy atom. The van der Waals surface area contributed by atoms with Crippen molar-refractivity contribution < 1.29 is 9.13 Å². The average molecular weight is 346 g/mol. The van der Waals surface area contributed by atoms with Gasteiger partial charge in [-0.2, -0.15) is 0 Å². The maximum absolute atomic E-state index is 13.1. The first kappa shape index (κ1) is 18.2. The topological polar surface area (TPSA) is 33.3 Å². The molecule has 0 aliphatic rings. The molecular weight excluding hydrogens is 323 g/mol. The molecular formula is C19H23FN2OS. The van der Waals surface area contributed by atoms with Crippen LogP contribution >= 0.6 is 12.2 Å². The van der Waals surface area contributed by atoms with Crippen LogP contribution in [0.15, 0.2) is 48.5 Å². The van der Waals surface area contributed by atoms with Gasteiger partial charge in [-0.25, -0.2) is 4.39 Å². The molecule has 0 bridgehead atoms. The van der Waals surface area contributed by atoms with Crippen molar-refractivity contribution >= 4 is 23.0 Å². The minimum absolute atomic E-state index is 0.187. The summed E-state index contributed by atoms with van der Waals surface area (Å²) in [5, 5.41) is 6.60. The quantitative estimate of drug-likeness (QED) is 0.570. The number of benzene rings is 2. The van der Waals surface area contributed by atoms with E-state index in [2.05, 4.69) is 22.8 Å². The van der Waals surface area contributed by atoms with E-state index in [4.69, 9.17) is 17.0 Å². The van der Waals surface area contributed by atoms with E-state index in [0.717, 1.165) is 25.1 Å². The van der Waals surface area contributed by atoms with E-state index in [0.29, 0.717) is 10.8 Å². The molecule has 128 valence electrons. The van der Waals surface area contributed by atoms with Gasteiger partial charge >= 0.3 is 0 Å². The van der Waals surface area contributed by atoms with Gasteiger partial charge < -0.3 is 15.4 Å². The van der Waals surface area contributed by atoms with Gasteiger partial charge in [0, 0.05) is 12.2 Å². The van der Waals surface area contributed by atoms with Crippen molar-refractivity contribution in [3.8, 4) is 5.75 Å². The zero-order chi connectivity index (χ0) is 17.4. The number of ether oxygens (including phenoxy) is 1. The van der Waals surface area contributed by atoms with E-state index >= 15 is 0 Å². The number of anilines is 1. The van der Waals surface area contributed by atoms with Gasteiger partial charge in [0.2, 0.25) is 0 Å². The summed E-state index contributed by atoms with van der Waals surface area (Å²) in [6, 6.07) is 14.4. The first-order chi connectivity index (χ1) is 11.5. The van der Waals surface area contributed by atoms with Crippen LogP contribution < -0.4 is 15.4 Å². The molecule has 2 rings (SSSR count). The van der Waals surface area contributed by atoms with Gasteiger partial charge in [-0.15, -0.1) is 0 Å². The number of rotatable bonds is 7. The molecule has 0 atom stereocenters. The van der Waals surface area contributed by atoms with E-state index in [-0.39, 0.29) is 11.9 Å². The molecule has 24 heavy (non-hydrogen) atoms. The van der Waals surface area contributed by atoms with Crippen LogP contribution in [0.4, 0.5) is 10.1 Å². The monoisotopic (exact) mass is 346 g/mol. The van der Waals surface area contributed by atoms with E-state index in [1.54, 1.807) is 12.1 Å². The van der Waals surface area contributed by atoms with Crippen molar-refractivity contribution in [2.75, 3.05) is 11.9 Å². The summed E-state index contributed by atoms with van der Waals surface area (Å²) in [6.07, 6.45) is 2.10. The summed E-state index contributed by atoms with van der Waals surface area (Å²) in [5.41, 5.74) is 1.91. The van der Waals surface area contributed by atoms with Crippen LogP contribution in [0.25, 0.3) is 0 Å². The third-order valence-electron chi connectivity index (χ3n) is 3.31. The van der Waals surface area contributed by atoms with Gasteiger partial charge in [-0.3, -0.25) is 0 Å². The van der Waals surface area contributed by atoms with Gasteiger partial charge in [0.05, 0.1) is 6.10 Å². The summed E-state index contributed by atoms with van der Waals surface area (Å²) in [6.45, 7) is 4.78. The van der Waals surface area contributed by atoms with Crippen molar-refractivity contribution in [3.63, 3.8) is 0 Å². The largest absolute Gasteiger partial charge is 0.491 e. The lowest BCUT2D eigenvalue weighted by Crippen LogP contribution is -2.29. The number of thiocarbonyl (C=S) groups is 1. The third-order valence-corrected chi connectivity index (χ3v) is 3.55. The molecule has 0 amide bonds. The minimum atomic E-state index is -0.285. The van der Waals surface area contributed by atoms with Crippen molar-refractivity contribution in [2.45, 2.75) is 32.8 Å². The molecule has 0 radical (unpaired) electrons. The Balaban J connectivity index is 1.68. The second-order valence-electron chi connectivity index (χ2n) is 5.81. The first-order valence-electron chi connectivity index (χ1n) is 8.09. The van der Waals surface area contributed by atoms with Gasteiger partial charge in [-0.05, 0) is 74.8 Å². The molecule has 0 aliphatic carbocycles. The number of halogens is 1. The van der Waals surface area contributed by atoms with Crippen LogP contribution in [0.3, 0.4) is 0 Å². The maximum Gasteiger partial charge on any atom is 0.170 e. The smallest absolute Gasteiger partial charge is 0.170 e. The zero-order valence-electron chi connectivity index (χ0n) is 14.0. The van der Waals surface area contributed by atoms with Crippen molar-refractivity contribution in [1.82, 2.24) is 5.32 Å². The molecule has 0 aromatic heterocycles. The van der Waals surface area contributed by atoms with Crippen LogP contribution in [0, 0.1) is 5.82 Å². The summed E-state index contributed by atoms with van der Waals surface area (Å²) in [4.78, 5) is 0. The molecule has 0 unspecified atom stereocenters. The molecule has 2 N–H and O–H groups in total. The number of nitrogens with one attached hydrogen (secondary N) is 2. The summed E-state index contributed by atoms with van der Waals surface area (Å²) in [7, 11) is 0. The lowest BCUT2D eigenvalue weighted by atomic mass is 10.1. The van der Waals surface area contributed by atoms with E-state index in [9.17, 15) is 4.39 Å². The highest BCUT2D eigenvalue weighted by Gasteiger charge is 2.00. The van der Waals surface area contributed by atoms with Crippen LogP contribution in [-0.2, 0) is 6.42 Å². The lowest BCUT2D eigenvalue weighted by molar-refractivity contribution is 0.242. The standard InChI is InChI=1S/C19H23FN2OS/c1-14(2)23-18-10-8-15(9-11-18)5-4-12-21-19(24)22-17-7-3-6-16(20)13-17/h3,6-11,13-14H,4-5,12H2,1-2H3,(H2,21,22,24). The Morgan fingerprint density at radius 1 is 1.17 bits per heavy atom. The van der Waals surface area contributed by atoms with Crippen LogP contribution in [0.2, 0.25) is 0 Å². The van der Waals surface area contributed by atoms with E-state index < -0.39 is 0 Å². The summed E-state index contributed by atoms with van der Waals surface area (Å²) >= 11 is 5.21. The predicted octanol–water partition coefficient (Wildman–Crippen LogP) is 4.53. The Bertz CT molecular complexity index is 659. The number of aryl methyl sites for hydroxylation is 1. The van der Waals surface area contributed by atoms with E-state index in [1.807, 2.05) is 26.0 Å². The van der Waals surface area contributed by atoms with Crippen molar-refractivity contribution in [1.29, 1.82) is 0 Å². The van der Waals surface area contributed by atoms with Crippen LogP contribution in [-0.4, -0.2) is 17.8 Å². The maximum atomic E-state index is 13.1. The van der Waals surface area contributed by atoms with Gasteiger partial charge in [0.1, 0.15) is 11.6 Å². The molecule has 2 aromatic rings. The third kappa shape index (κ3) is 6.54. The molecule has 0 spiro atoms. The fourth-order valence-electron chi connectivity index (χ4n) is 2.24. The van der Waals surface area contributed by atoms with Crippen molar-refractivity contribution in [2.24, 2.45) is 0 Å². The zero-order valence-corrected chi connectivity index (χ0v) is 14.8. The molecule has 0 saturated heterocycles. The van der Waals surface area contributed by atoms with Gasteiger partial charge in [0.15, 0.2) is 5.11 Å². The summed E-state index contributed by atoms with van der Waals surface area (Å²) < 4.78 is 18.7. The van der Waals surface area contributed by atoms with Crippen LogP contribution in [0.1, 0.15) is 25.8 Å². The Hall–Kier alpha value is -2.14. The second-order valence-corrected chi connectivity index (χ2v) is 6.21. The molecule has 0 fully saturated rings. The van der Waals surface area contributed by atoms with Crippen molar-refractivity contribution in [3.05, 3.63) is 59.9 Å². The minimum Gasteiger partial charge on any atom is -0.491 e. The number of hydrogen-bond donors (Lipinski definition) is 2. The molecule has 0 heterocycles. The average Bonchev–Trinajstić information content (AvgIpc) is 2.52. The SMILES string of the molecule is CC(C)Oc1ccc(CCCNC(=S)Nc2cccc(F)c2)cc1. The Morgan fingerprint density at radius 3 is 2.58 bits per heavy atom. The molecule has 0 aliphatic heterocycles. The van der Waals surface area contributed by atoms with Gasteiger partial charge in [-0.1, -0.05) is 18.2 Å². The second kappa shape index (κ2) is 9.23. The fourth-order valence-corrected chi connectivity index (χ4v) is 2.46. The molecule has 3 nitrogen and oxygen atoms in total. The lowest BCUT2D eigenvalue weighted by Gasteiger charge is -2.11. The first-order valence-corrected chi connectivity index (χ1v) is 8.50. The van der Waals surface area contributed by atoms with E-state index in [1.165, 1.54) is 17.7 Å². The highest BCUT2D eigenvalue weighted by atomic mass is 32.1. The molecule has 5 heteroatoms. The summed E-state index contributed by atoms with van der Waals surface area (Å²) in [5.74, 6) is 0.611. The van der Waals surface area contributed by atoms with Gasteiger partial charge in [0.25, 0.3) is 0 Å². The normalized spacial score (nSPS) is 10.5. The Kier molecular flexibility index (Phi) is 7.00. The molecule has 2 aromatic carbocycles.